The van der Waals surface area contributed by atoms with Gasteiger partial charge in [-0.2, -0.15) is 0 Å². The molecule has 0 radical (unpaired) electrons. The molecule has 2 amide bonds. The van der Waals surface area contributed by atoms with Crippen molar-refractivity contribution in [2.45, 2.75) is 0 Å². The molecule has 32 heavy (non-hydrogen) atoms. The molecule has 0 atom stereocenters. The van der Waals surface area contributed by atoms with Crippen molar-refractivity contribution in [1.82, 2.24) is 9.88 Å². The molecule has 0 unspecified atom stereocenters. The standard InChI is InChI=1S/C24H13Cl3N2O2S/c25-14-7-5-13(6-8-14)22-17(12-21-23(30)28-24(31)32-21)16-3-1-2-4-20(16)29(22)15-9-10-18(26)19(27)11-15/h1-12H,(H,28,30,31). The molecule has 1 aliphatic rings. The largest absolute Gasteiger partial charge is 0.309 e. The van der Waals surface area contributed by atoms with Crippen molar-refractivity contribution in [2.75, 3.05) is 0 Å². The van der Waals surface area contributed by atoms with E-state index in [-0.39, 0.29) is 5.24 Å². The molecule has 0 bridgehead atoms. The van der Waals surface area contributed by atoms with Crippen LogP contribution in [-0.2, 0) is 4.79 Å². The minimum absolute atomic E-state index is 0.335. The molecular formula is C24H13Cl3N2O2S. The highest BCUT2D eigenvalue weighted by Crippen LogP contribution is 2.40. The van der Waals surface area contributed by atoms with Crippen molar-refractivity contribution >= 4 is 74.7 Å². The molecule has 2 heterocycles. The van der Waals surface area contributed by atoms with E-state index in [9.17, 15) is 9.59 Å². The molecule has 3 aromatic carbocycles. The smallest absolute Gasteiger partial charge is 0.290 e. The van der Waals surface area contributed by atoms with E-state index in [1.807, 2.05) is 54.6 Å². The van der Waals surface area contributed by atoms with Crippen molar-refractivity contribution in [3.05, 3.63) is 92.3 Å². The predicted molar refractivity (Wildman–Crippen MR) is 133 cm³/mol. The molecule has 1 fully saturated rings. The van der Waals surface area contributed by atoms with Crippen LogP contribution in [-0.4, -0.2) is 15.7 Å². The molecule has 5 rings (SSSR count). The molecule has 8 heteroatoms. The highest BCUT2D eigenvalue weighted by molar-refractivity contribution is 8.18. The summed E-state index contributed by atoms with van der Waals surface area (Å²) in [6.45, 7) is 0. The number of hydrogen-bond acceptors (Lipinski definition) is 3. The lowest BCUT2D eigenvalue weighted by molar-refractivity contribution is -0.115. The first-order valence-corrected chi connectivity index (χ1v) is 11.5. The number of aromatic nitrogens is 1. The van der Waals surface area contributed by atoms with Crippen molar-refractivity contribution in [2.24, 2.45) is 0 Å². The van der Waals surface area contributed by atoms with Gasteiger partial charge in [-0.1, -0.05) is 65.1 Å². The molecule has 1 N–H and O–H groups in total. The molecule has 4 aromatic rings. The van der Waals surface area contributed by atoms with E-state index < -0.39 is 5.91 Å². The first-order valence-electron chi connectivity index (χ1n) is 9.52. The summed E-state index contributed by atoms with van der Waals surface area (Å²) in [4.78, 5) is 24.4. The number of nitrogens with one attached hydrogen (secondary N) is 1. The zero-order chi connectivity index (χ0) is 22.4. The molecule has 4 nitrogen and oxygen atoms in total. The molecule has 0 spiro atoms. The third-order valence-corrected chi connectivity index (χ3v) is 6.91. The van der Waals surface area contributed by atoms with Gasteiger partial charge >= 0.3 is 0 Å². The molecule has 1 aromatic heterocycles. The molecule has 1 aliphatic heterocycles. The predicted octanol–water partition coefficient (Wildman–Crippen LogP) is 7.58. The van der Waals surface area contributed by atoms with Gasteiger partial charge in [0.15, 0.2) is 0 Å². The van der Waals surface area contributed by atoms with Crippen molar-refractivity contribution in [1.29, 1.82) is 0 Å². The van der Waals surface area contributed by atoms with Crippen molar-refractivity contribution in [3.63, 3.8) is 0 Å². The van der Waals surface area contributed by atoms with E-state index in [1.165, 1.54) is 0 Å². The quantitative estimate of drug-likeness (QED) is 0.296. The van der Waals surface area contributed by atoms with Crippen LogP contribution in [0.2, 0.25) is 15.1 Å². The lowest BCUT2D eigenvalue weighted by Crippen LogP contribution is -2.17. The molecule has 0 aliphatic carbocycles. The van der Waals surface area contributed by atoms with Crippen LogP contribution in [0.25, 0.3) is 33.9 Å². The number of imide groups is 1. The van der Waals surface area contributed by atoms with Gasteiger partial charge in [0.1, 0.15) is 0 Å². The van der Waals surface area contributed by atoms with Gasteiger partial charge in [-0.3, -0.25) is 14.9 Å². The monoisotopic (exact) mass is 498 g/mol. The Morgan fingerprint density at radius 2 is 1.62 bits per heavy atom. The van der Waals surface area contributed by atoms with Crippen LogP contribution in [0, 0.1) is 0 Å². The van der Waals surface area contributed by atoms with Crippen LogP contribution in [0.4, 0.5) is 4.79 Å². The Bertz CT molecular complexity index is 1440. The fraction of sp³-hybridized carbons (Fsp3) is 0. The number of carbonyl (C=O) groups is 2. The van der Waals surface area contributed by atoms with Crippen LogP contribution in [0.3, 0.4) is 0 Å². The van der Waals surface area contributed by atoms with Gasteiger partial charge in [0.2, 0.25) is 0 Å². The maximum absolute atomic E-state index is 12.3. The number of rotatable bonds is 3. The van der Waals surface area contributed by atoms with Crippen LogP contribution in [0.1, 0.15) is 5.56 Å². The van der Waals surface area contributed by atoms with Crippen molar-refractivity contribution < 1.29 is 9.59 Å². The number of para-hydroxylation sites is 1. The van der Waals surface area contributed by atoms with E-state index >= 15 is 0 Å². The third-order valence-electron chi connectivity index (χ3n) is 5.11. The zero-order valence-corrected chi connectivity index (χ0v) is 19.3. The van der Waals surface area contributed by atoms with E-state index in [1.54, 1.807) is 18.2 Å². The van der Waals surface area contributed by atoms with Crippen LogP contribution >= 0.6 is 46.6 Å². The maximum Gasteiger partial charge on any atom is 0.290 e. The van der Waals surface area contributed by atoms with Gasteiger partial charge in [-0.05, 0) is 59.8 Å². The topological polar surface area (TPSA) is 51.1 Å². The minimum Gasteiger partial charge on any atom is -0.309 e. The summed E-state index contributed by atoms with van der Waals surface area (Å²) in [6.07, 6.45) is 1.76. The number of hydrogen-bond donors (Lipinski definition) is 1. The van der Waals surface area contributed by atoms with Crippen LogP contribution < -0.4 is 5.32 Å². The van der Waals surface area contributed by atoms with E-state index in [0.717, 1.165) is 45.2 Å². The van der Waals surface area contributed by atoms with E-state index in [2.05, 4.69) is 9.88 Å². The van der Waals surface area contributed by atoms with Gasteiger partial charge in [0.05, 0.1) is 26.2 Å². The Morgan fingerprint density at radius 1 is 0.875 bits per heavy atom. The van der Waals surface area contributed by atoms with Gasteiger partial charge in [0, 0.05) is 21.7 Å². The maximum atomic E-state index is 12.3. The second-order valence-electron chi connectivity index (χ2n) is 7.07. The third kappa shape index (κ3) is 3.71. The highest BCUT2D eigenvalue weighted by Gasteiger charge is 2.27. The number of benzene rings is 3. The lowest BCUT2D eigenvalue weighted by atomic mass is 10.0. The molecule has 0 saturated carbocycles. The fourth-order valence-electron chi connectivity index (χ4n) is 3.75. The van der Waals surface area contributed by atoms with Crippen LogP contribution in [0.5, 0.6) is 0 Å². The molecular weight excluding hydrogens is 487 g/mol. The fourth-order valence-corrected chi connectivity index (χ4v) is 4.83. The van der Waals surface area contributed by atoms with Gasteiger partial charge < -0.3 is 4.57 Å². The Kier molecular flexibility index (Phi) is 5.51. The Hall–Kier alpha value is -2.70. The molecule has 158 valence electrons. The average Bonchev–Trinajstić information content (AvgIpc) is 3.27. The van der Waals surface area contributed by atoms with Gasteiger partial charge in [0.25, 0.3) is 11.1 Å². The number of fused-ring (bicyclic) bond motifs is 1. The number of nitrogens with zero attached hydrogens (tertiary/aromatic N) is 1. The Labute approximate surface area is 202 Å². The summed E-state index contributed by atoms with van der Waals surface area (Å²) >= 11 is 19.5. The lowest BCUT2D eigenvalue weighted by Gasteiger charge is -2.13. The summed E-state index contributed by atoms with van der Waals surface area (Å²) in [5.74, 6) is -0.409. The Balaban J connectivity index is 1.88. The number of carbonyl (C=O) groups excluding carboxylic acids is 2. The SMILES string of the molecule is O=C1NC(=O)C(=Cc2c(-c3ccc(Cl)cc3)n(-c3ccc(Cl)c(Cl)c3)c3ccccc23)S1. The second kappa shape index (κ2) is 8.34. The number of amides is 2. The van der Waals surface area contributed by atoms with Crippen LogP contribution in [0.15, 0.2) is 71.6 Å². The summed E-state index contributed by atoms with van der Waals surface area (Å²) in [5.41, 5.74) is 4.25. The normalized spacial score (nSPS) is 15.0. The van der Waals surface area contributed by atoms with Gasteiger partial charge in [-0.15, -0.1) is 0 Å². The zero-order valence-electron chi connectivity index (χ0n) is 16.2. The van der Waals surface area contributed by atoms with E-state index in [4.69, 9.17) is 34.8 Å². The minimum atomic E-state index is -0.409. The summed E-state index contributed by atoms with van der Waals surface area (Å²) in [7, 11) is 0. The van der Waals surface area contributed by atoms with E-state index in [0.29, 0.717) is 20.0 Å². The first-order chi connectivity index (χ1) is 15.4. The van der Waals surface area contributed by atoms with Gasteiger partial charge in [-0.25, -0.2) is 0 Å². The number of halogens is 3. The van der Waals surface area contributed by atoms with Crippen molar-refractivity contribution in [3.8, 4) is 16.9 Å². The number of thioether (sulfide) groups is 1. The molecule has 1 saturated heterocycles. The average molecular weight is 500 g/mol. The summed E-state index contributed by atoms with van der Waals surface area (Å²) < 4.78 is 2.06. The first kappa shape index (κ1) is 21.2. The summed E-state index contributed by atoms with van der Waals surface area (Å²) in [5, 5.41) is 4.35. The highest BCUT2D eigenvalue weighted by atomic mass is 35.5. The Morgan fingerprint density at radius 3 is 2.31 bits per heavy atom. The summed E-state index contributed by atoms with van der Waals surface area (Å²) in [6, 6.07) is 20.7. The second-order valence-corrected chi connectivity index (χ2v) is 9.34.